The molecule has 21 heavy (non-hydrogen) atoms. The van der Waals surface area contributed by atoms with Gasteiger partial charge in [0.2, 0.25) is 0 Å². The number of imidazole rings is 1. The molecule has 3 aromatic rings. The third kappa shape index (κ3) is 2.23. The highest BCUT2D eigenvalue weighted by molar-refractivity contribution is 6.31. The second-order valence-corrected chi connectivity index (χ2v) is 6.19. The molecule has 0 radical (unpaired) electrons. The molecule has 1 fully saturated rings. The molecule has 0 bridgehead atoms. The van der Waals surface area contributed by atoms with Crippen LogP contribution in [0.1, 0.15) is 29.8 Å². The Hall–Kier alpha value is -1.51. The van der Waals surface area contributed by atoms with Crippen LogP contribution in [0.5, 0.6) is 0 Å². The molecule has 0 N–H and O–H groups in total. The Bertz CT molecular complexity index is 795. The normalized spacial score (nSPS) is 20.9. The van der Waals surface area contributed by atoms with Gasteiger partial charge in [0.05, 0.1) is 16.9 Å². The van der Waals surface area contributed by atoms with Crippen molar-refractivity contribution in [2.24, 2.45) is 0 Å². The minimum absolute atomic E-state index is 0.421. The molecular formula is C17H14Cl2N2. The van der Waals surface area contributed by atoms with Gasteiger partial charge in [-0.05, 0) is 30.2 Å². The molecule has 4 heteroatoms. The van der Waals surface area contributed by atoms with Crippen molar-refractivity contribution in [2.45, 2.75) is 24.3 Å². The van der Waals surface area contributed by atoms with E-state index in [2.05, 4.69) is 39.9 Å². The lowest BCUT2D eigenvalue weighted by Crippen LogP contribution is -2.01. The van der Waals surface area contributed by atoms with Gasteiger partial charge in [-0.1, -0.05) is 41.9 Å². The number of nitrogens with zero attached hydrogens (tertiary/aromatic N) is 2. The largest absolute Gasteiger partial charge is 0.323 e. The van der Waals surface area contributed by atoms with Crippen LogP contribution in [-0.4, -0.2) is 9.55 Å². The van der Waals surface area contributed by atoms with Gasteiger partial charge in [-0.3, -0.25) is 0 Å². The van der Waals surface area contributed by atoms with Crippen LogP contribution in [0.25, 0.3) is 11.0 Å². The molecule has 2 unspecified atom stereocenters. The summed E-state index contributed by atoms with van der Waals surface area (Å²) in [5, 5.41) is 0.712. The van der Waals surface area contributed by atoms with Crippen molar-refractivity contribution in [3.8, 4) is 0 Å². The SMILES string of the molecule is ClCc1nc2cc(Cl)ccc2n1C1CC1c1ccccc1. The van der Waals surface area contributed by atoms with Gasteiger partial charge >= 0.3 is 0 Å². The first-order valence-electron chi connectivity index (χ1n) is 7.05. The van der Waals surface area contributed by atoms with Gasteiger partial charge in [-0.2, -0.15) is 0 Å². The highest BCUT2D eigenvalue weighted by Crippen LogP contribution is 2.53. The lowest BCUT2D eigenvalue weighted by atomic mass is 10.1. The fourth-order valence-corrected chi connectivity index (χ4v) is 3.47. The summed E-state index contributed by atoms with van der Waals surface area (Å²) in [6.07, 6.45) is 1.14. The van der Waals surface area contributed by atoms with E-state index in [9.17, 15) is 0 Å². The van der Waals surface area contributed by atoms with E-state index in [1.165, 1.54) is 5.56 Å². The zero-order valence-electron chi connectivity index (χ0n) is 11.3. The van der Waals surface area contributed by atoms with Crippen molar-refractivity contribution in [3.63, 3.8) is 0 Å². The zero-order valence-corrected chi connectivity index (χ0v) is 12.8. The first-order valence-corrected chi connectivity index (χ1v) is 7.96. The lowest BCUT2D eigenvalue weighted by molar-refractivity contribution is 0.706. The Balaban J connectivity index is 1.77. The number of alkyl halides is 1. The van der Waals surface area contributed by atoms with E-state index in [0.29, 0.717) is 22.9 Å². The highest BCUT2D eigenvalue weighted by Gasteiger charge is 2.41. The number of halogens is 2. The van der Waals surface area contributed by atoms with E-state index in [4.69, 9.17) is 23.2 Å². The van der Waals surface area contributed by atoms with E-state index >= 15 is 0 Å². The summed E-state index contributed by atoms with van der Waals surface area (Å²) in [4.78, 5) is 4.63. The van der Waals surface area contributed by atoms with Crippen LogP contribution in [0.3, 0.4) is 0 Å². The topological polar surface area (TPSA) is 17.8 Å². The molecule has 4 rings (SSSR count). The monoisotopic (exact) mass is 316 g/mol. The fraction of sp³-hybridized carbons (Fsp3) is 0.235. The van der Waals surface area contributed by atoms with Crippen LogP contribution < -0.4 is 0 Å². The molecule has 2 nitrogen and oxygen atoms in total. The van der Waals surface area contributed by atoms with Crippen molar-refractivity contribution in [3.05, 3.63) is 64.9 Å². The summed E-state index contributed by atoms with van der Waals surface area (Å²) in [5.41, 5.74) is 3.44. The van der Waals surface area contributed by atoms with Crippen LogP contribution in [0.15, 0.2) is 48.5 Å². The van der Waals surface area contributed by atoms with Crippen LogP contribution in [-0.2, 0) is 5.88 Å². The van der Waals surface area contributed by atoms with Crippen molar-refractivity contribution >= 4 is 34.2 Å². The average Bonchev–Trinajstić information content (AvgIpc) is 3.22. The summed E-state index contributed by atoms with van der Waals surface area (Å²) in [6.45, 7) is 0. The summed E-state index contributed by atoms with van der Waals surface area (Å²) >= 11 is 12.2. The quantitative estimate of drug-likeness (QED) is 0.610. The molecule has 106 valence electrons. The Morgan fingerprint density at radius 2 is 1.95 bits per heavy atom. The molecule has 1 heterocycles. The second-order valence-electron chi connectivity index (χ2n) is 5.48. The van der Waals surface area contributed by atoms with Gasteiger partial charge in [0.25, 0.3) is 0 Å². The number of benzene rings is 2. The molecule has 0 saturated heterocycles. The van der Waals surface area contributed by atoms with Crippen molar-refractivity contribution in [1.29, 1.82) is 0 Å². The predicted molar refractivity (Wildman–Crippen MR) is 87.1 cm³/mol. The van der Waals surface area contributed by atoms with Gasteiger partial charge in [-0.25, -0.2) is 4.98 Å². The van der Waals surface area contributed by atoms with E-state index in [1.807, 2.05) is 18.2 Å². The van der Waals surface area contributed by atoms with Gasteiger partial charge in [0.1, 0.15) is 5.82 Å². The molecule has 0 aliphatic heterocycles. The van der Waals surface area contributed by atoms with Gasteiger partial charge in [0, 0.05) is 17.0 Å². The Kier molecular flexibility index (Phi) is 3.16. The van der Waals surface area contributed by atoms with E-state index in [-0.39, 0.29) is 0 Å². The zero-order chi connectivity index (χ0) is 14.4. The van der Waals surface area contributed by atoms with Gasteiger partial charge in [0.15, 0.2) is 0 Å². The molecule has 1 aromatic heterocycles. The first kappa shape index (κ1) is 13.2. The van der Waals surface area contributed by atoms with Crippen molar-refractivity contribution in [1.82, 2.24) is 9.55 Å². The lowest BCUT2D eigenvalue weighted by Gasteiger charge is -2.07. The van der Waals surface area contributed by atoms with Crippen LogP contribution >= 0.6 is 23.2 Å². The number of aromatic nitrogens is 2. The average molecular weight is 317 g/mol. The maximum atomic E-state index is 6.09. The van der Waals surface area contributed by atoms with Crippen LogP contribution in [0.2, 0.25) is 5.02 Å². The molecule has 1 aliphatic carbocycles. The number of hydrogen-bond acceptors (Lipinski definition) is 1. The Labute approximate surface area is 133 Å². The standard InChI is InChI=1S/C17H14Cl2N2/c18-10-17-20-14-8-12(19)6-7-15(14)21(17)16-9-13(16)11-4-2-1-3-5-11/h1-8,13,16H,9-10H2. The third-order valence-corrected chi connectivity index (χ3v) is 4.63. The van der Waals surface area contributed by atoms with E-state index in [0.717, 1.165) is 23.3 Å². The summed E-state index contributed by atoms with van der Waals surface area (Å²) in [7, 11) is 0. The van der Waals surface area contributed by atoms with Gasteiger partial charge in [-0.15, -0.1) is 11.6 Å². The minimum atomic E-state index is 0.421. The molecule has 0 spiro atoms. The first-order chi connectivity index (χ1) is 10.3. The van der Waals surface area contributed by atoms with Crippen LogP contribution in [0.4, 0.5) is 0 Å². The molecule has 1 saturated carbocycles. The third-order valence-electron chi connectivity index (χ3n) is 4.16. The molecule has 0 amide bonds. The van der Waals surface area contributed by atoms with Crippen molar-refractivity contribution in [2.75, 3.05) is 0 Å². The Morgan fingerprint density at radius 3 is 2.71 bits per heavy atom. The van der Waals surface area contributed by atoms with E-state index in [1.54, 1.807) is 0 Å². The summed E-state index contributed by atoms with van der Waals surface area (Å²) in [5.74, 6) is 1.91. The maximum Gasteiger partial charge on any atom is 0.125 e. The Morgan fingerprint density at radius 1 is 1.14 bits per heavy atom. The predicted octanol–water partition coefficient (Wildman–Crippen LogP) is 5.16. The molecule has 1 aliphatic rings. The molecule has 2 aromatic carbocycles. The molecular weight excluding hydrogens is 303 g/mol. The van der Waals surface area contributed by atoms with Gasteiger partial charge < -0.3 is 4.57 Å². The smallest absolute Gasteiger partial charge is 0.125 e. The summed E-state index contributed by atoms with van der Waals surface area (Å²) in [6, 6.07) is 17.0. The maximum absolute atomic E-state index is 6.09. The van der Waals surface area contributed by atoms with Crippen molar-refractivity contribution < 1.29 is 0 Å². The number of fused-ring (bicyclic) bond motifs is 1. The summed E-state index contributed by atoms with van der Waals surface area (Å²) < 4.78 is 2.29. The minimum Gasteiger partial charge on any atom is -0.323 e. The highest BCUT2D eigenvalue weighted by atomic mass is 35.5. The van der Waals surface area contributed by atoms with Crippen LogP contribution in [0, 0.1) is 0 Å². The fourth-order valence-electron chi connectivity index (χ4n) is 3.11. The van der Waals surface area contributed by atoms with E-state index < -0.39 is 0 Å². The number of rotatable bonds is 3. The number of hydrogen-bond donors (Lipinski definition) is 0. The second kappa shape index (κ2) is 5.04. The molecule has 2 atom stereocenters.